The summed E-state index contributed by atoms with van der Waals surface area (Å²) in [7, 11) is 2.18. The molecule has 0 aliphatic carbocycles. The third kappa shape index (κ3) is 4.69. The summed E-state index contributed by atoms with van der Waals surface area (Å²) >= 11 is 3.51. The summed E-state index contributed by atoms with van der Waals surface area (Å²) < 4.78 is 6.51. The Hall–Kier alpha value is -0.420. The van der Waals surface area contributed by atoms with Crippen LogP contribution in [-0.2, 0) is 11.3 Å². The van der Waals surface area contributed by atoms with E-state index in [0.29, 0.717) is 0 Å². The molecule has 2 rings (SSSR count). The molecule has 0 aromatic heterocycles. The van der Waals surface area contributed by atoms with Crippen LogP contribution >= 0.6 is 15.9 Å². The molecule has 4 heteroatoms. The number of hydrogen-bond acceptors (Lipinski definition) is 3. The molecule has 1 aliphatic heterocycles. The van der Waals surface area contributed by atoms with Gasteiger partial charge in [0.05, 0.1) is 13.2 Å². The average molecular weight is 313 g/mol. The molecular formula is C14H21BrN2O. The molecule has 1 aromatic carbocycles. The highest BCUT2D eigenvalue weighted by molar-refractivity contribution is 9.10. The fourth-order valence-corrected chi connectivity index (χ4v) is 2.61. The zero-order valence-electron chi connectivity index (χ0n) is 10.9. The molecule has 18 heavy (non-hydrogen) atoms. The topological polar surface area (TPSA) is 15.7 Å². The smallest absolute Gasteiger partial charge is 0.0594 e. The third-order valence-corrected chi connectivity index (χ3v) is 3.74. The van der Waals surface area contributed by atoms with Crippen LogP contribution in [0, 0.1) is 0 Å². The van der Waals surface area contributed by atoms with Crippen molar-refractivity contribution in [3.05, 3.63) is 34.3 Å². The summed E-state index contributed by atoms with van der Waals surface area (Å²) in [5.41, 5.74) is 1.36. The van der Waals surface area contributed by atoms with Crippen molar-refractivity contribution in [1.82, 2.24) is 9.80 Å². The fourth-order valence-electron chi connectivity index (χ4n) is 2.16. The van der Waals surface area contributed by atoms with Gasteiger partial charge in [-0.2, -0.15) is 0 Å². The number of likely N-dealkylation sites (N-methyl/N-ethyl adjacent to an activating group) is 1. The molecule has 0 spiro atoms. The van der Waals surface area contributed by atoms with Gasteiger partial charge in [-0.25, -0.2) is 0 Å². The van der Waals surface area contributed by atoms with E-state index < -0.39 is 0 Å². The first-order valence-corrected chi connectivity index (χ1v) is 7.26. The van der Waals surface area contributed by atoms with Crippen LogP contribution in [0.2, 0.25) is 0 Å². The molecule has 3 nitrogen and oxygen atoms in total. The number of nitrogens with zero attached hydrogens (tertiary/aromatic N) is 2. The summed E-state index contributed by atoms with van der Waals surface area (Å²) in [6, 6.07) is 8.52. The Labute approximate surface area is 118 Å². The van der Waals surface area contributed by atoms with Crippen molar-refractivity contribution in [2.45, 2.75) is 6.54 Å². The molecule has 0 unspecified atom stereocenters. The van der Waals surface area contributed by atoms with Gasteiger partial charge in [-0.15, -0.1) is 0 Å². The highest BCUT2D eigenvalue weighted by Gasteiger charge is 2.10. The maximum Gasteiger partial charge on any atom is 0.0594 e. The SMILES string of the molecule is CN(CCN1CCOCC1)Cc1cccc(Br)c1. The fraction of sp³-hybridized carbons (Fsp3) is 0.571. The van der Waals surface area contributed by atoms with Crippen molar-refractivity contribution >= 4 is 15.9 Å². The maximum atomic E-state index is 5.35. The van der Waals surface area contributed by atoms with Gasteiger partial charge in [0.2, 0.25) is 0 Å². The molecule has 1 fully saturated rings. The van der Waals surface area contributed by atoms with E-state index in [9.17, 15) is 0 Å². The lowest BCUT2D eigenvalue weighted by atomic mass is 10.2. The van der Waals surface area contributed by atoms with Gasteiger partial charge in [0.25, 0.3) is 0 Å². The van der Waals surface area contributed by atoms with Crippen molar-refractivity contribution in [2.75, 3.05) is 46.4 Å². The van der Waals surface area contributed by atoms with Crippen molar-refractivity contribution in [1.29, 1.82) is 0 Å². The summed E-state index contributed by atoms with van der Waals surface area (Å²) in [4.78, 5) is 4.85. The van der Waals surface area contributed by atoms with Crippen molar-refractivity contribution in [3.63, 3.8) is 0 Å². The highest BCUT2D eigenvalue weighted by Crippen LogP contribution is 2.12. The Bertz CT molecular complexity index is 367. The number of hydrogen-bond donors (Lipinski definition) is 0. The molecular weight excluding hydrogens is 292 g/mol. The molecule has 1 aliphatic rings. The first-order chi connectivity index (χ1) is 8.74. The number of morpholine rings is 1. The van der Waals surface area contributed by atoms with Crippen LogP contribution < -0.4 is 0 Å². The summed E-state index contributed by atoms with van der Waals surface area (Å²) in [6.07, 6.45) is 0. The second-order valence-corrected chi connectivity index (χ2v) is 5.74. The van der Waals surface area contributed by atoms with Gasteiger partial charge in [-0.1, -0.05) is 28.1 Å². The minimum absolute atomic E-state index is 0.884. The average Bonchev–Trinajstić information content (AvgIpc) is 2.38. The zero-order valence-corrected chi connectivity index (χ0v) is 12.5. The lowest BCUT2D eigenvalue weighted by Gasteiger charge is -2.28. The maximum absolute atomic E-state index is 5.35. The van der Waals surface area contributed by atoms with Crippen molar-refractivity contribution in [3.8, 4) is 0 Å². The summed E-state index contributed by atoms with van der Waals surface area (Å²) in [5, 5.41) is 0. The molecule has 1 aromatic rings. The normalized spacial score (nSPS) is 17.3. The van der Waals surface area contributed by atoms with Crippen LogP contribution in [0.4, 0.5) is 0 Å². The first-order valence-electron chi connectivity index (χ1n) is 6.47. The zero-order chi connectivity index (χ0) is 12.8. The minimum atomic E-state index is 0.884. The number of benzene rings is 1. The largest absolute Gasteiger partial charge is 0.379 e. The Morgan fingerprint density at radius 3 is 2.83 bits per heavy atom. The first kappa shape index (κ1) is 14.0. The van der Waals surface area contributed by atoms with E-state index in [1.165, 1.54) is 5.56 Å². The van der Waals surface area contributed by atoms with Crippen LogP contribution in [0.1, 0.15) is 5.56 Å². The summed E-state index contributed by atoms with van der Waals surface area (Å²) in [5.74, 6) is 0. The van der Waals surface area contributed by atoms with E-state index in [-0.39, 0.29) is 0 Å². The number of halogens is 1. The lowest BCUT2D eigenvalue weighted by Crippen LogP contribution is -2.40. The lowest BCUT2D eigenvalue weighted by molar-refractivity contribution is 0.0342. The molecule has 0 amide bonds. The van der Waals surface area contributed by atoms with Gasteiger partial charge in [0.15, 0.2) is 0 Å². The van der Waals surface area contributed by atoms with Gasteiger partial charge in [-0.05, 0) is 24.7 Å². The molecule has 0 bridgehead atoms. The van der Waals surface area contributed by atoms with E-state index in [1.54, 1.807) is 0 Å². The Morgan fingerprint density at radius 2 is 2.11 bits per heavy atom. The van der Waals surface area contributed by atoms with Gasteiger partial charge >= 0.3 is 0 Å². The molecule has 0 saturated carbocycles. The molecule has 0 atom stereocenters. The Morgan fingerprint density at radius 1 is 1.33 bits per heavy atom. The van der Waals surface area contributed by atoms with E-state index >= 15 is 0 Å². The molecule has 1 saturated heterocycles. The molecule has 0 radical (unpaired) electrons. The van der Waals surface area contributed by atoms with Crippen molar-refractivity contribution < 1.29 is 4.74 Å². The highest BCUT2D eigenvalue weighted by atomic mass is 79.9. The van der Waals surface area contributed by atoms with Gasteiger partial charge in [0.1, 0.15) is 0 Å². The molecule has 1 heterocycles. The van der Waals surface area contributed by atoms with Crippen molar-refractivity contribution in [2.24, 2.45) is 0 Å². The predicted octanol–water partition coefficient (Wildman–Crippen LogP) is 2.21. The molecule has 100 valence electrons. The van der Waals surface area contributed by atoms with Gasteiger partial charge < -0.3 is 9.64 Å². The van der Waals surface area contributed by atoms with Crippen LogP contribution in [0.15, 0.2) is 28.7 Å². The van der Waals surface area contributed by atoms with Crippen LogP contribution in [0.3, 0.4) is 0 Å². The molecule has 0 N–H and O–H groups in total. The van der Waals surface area contributed by atoms with E-state index in [4.69, 9.17) is 4.74 Å². The van der Waals surface area contributed by atoms with Crippen LogP contribution in [0.5, 0.6) is 0 Å². The standard InChI is InChI=1S/C14H21BrN2O/c1-16(5-6-17-7-9-18-10-8-17)12-13-3-2-4-14(15)11-13/h2-4,11H,5-10,12H2,1H3. The Balaban J connectivity index is 1.72. The van der Waals surface area contributed by atoms with Crippen LogP contribution in [-0.4, -0.2) is 56.2 Å². The minimum Gasteiger partial charge on any atom is -0.379 e. The number of rotatable bonds is 5. The predicted molar refractivity (Wildman–Crippen MR) is 77.7 cm³/mol. The third-order valence-electron chi connectivity index (χ3n) is 3.24. The van der Waals surface area contributed by atoms with Crippen LogP contribution in [0.25, 0.3) is 0 Å². The Kier molecular flexibility index (Phi) is 5.63. The van der Waals surface area contributed by atoms with Gasteiger partial charge in [0, 0.05) is 37.2 Å². The monoisotopic (exact) mass is 312 g/mol. The van der Waals surface area contributed by atoms with E-state index in [1.807, 2.05) is 0 Å². The summed E-state index contributed by atoms with van der Waals surface area (Å²) in [6.45, 7) is 7.16. The van der Waals surface area contributed by atoms with Gasteiger partial charge in [-0.3, -0.25) is 4.90 Å². The number of ether oxygens (including phenoxy) is 1. The van der Waals surface area contributed by atoms with E-state index in [2.05, 4.69) is 57.0 Å². The van der Waals surface area contributed by atoms with E-state index in [0.717, 1.165) is 50.4 Å². The quantitative estimate of drug-likeness (QED) is 0.829. The second kappa shape index (κ2) is 7.24. The second-order valence-electron chi connectivity index (χ2n) is 4.82.